The van der Waals surface area contributed by atoms with E-state index in [2.05, 4.69) is 33.8 Å². The summed E-state index contributed by atoms with van der Waals surface area (Å²) in [7, 11) is 0. The molecule has 3 heteroatoms. The molecule has 0 radical (unpaired) electrons. The van der Waals surface area contributed by atoms with Gasteiger partial charge in [0.1, 0.15) is 0 Å². The van der Waals surface area contributed by atoms with Crippen LogP contribution in [-0.2, 0) is 11.2 Å². The van der Waals surface area contributed by atoms with Crippen molar-refractivity contribution in [2.75, 3.05) is 18.1 Å². The molecule has 37 heavy (non-hydrogen) atoms. The van der Waals surface area contributed by atoms with Gasteiger partial charge in [0.2, 0.25) is 0 Å². The van der Waals surface area contributed by atoms with Gasteiger partial charge in [-0.2, -0.15) is 0 Å². The normalized spacial score (nSPS) is 40.0. The van der Waals surface area contributed by atoms with Crippen molar-refractivity contribution < 1.29 is 4.74 Å². The van der Waals surface area contributed by atoms with Crippen LogP contribution < -0.4 is 11.5 Å². The number of nitrogens with two attached hydrogens (primary N) is 2. The molecule has 0 bridgehead atoms. The van der Waals surface area contributed by atoms with Gasteiger partial charge in [-0.15, -0.1) is 0 Å². The molecule has 208 valence electrons. The zero-order chi connectivity index (χ0) is 26.2. The van der Waals surface area contributed by atoms with Gasteiger partial charge in [0.25, 0.3) is 0 Å². The molecule has 2 unspecified atom stereocenters. The number of ether oxygens (including phenoxy) is 1. The van der Waals surface area contributed by atoms with Crippen LogP contribution in [0.15, 0.2) is 18.2 Å². The fourth-order valence-corrected chi connectivity index (χ4v) is 10.5. The predicted octanol–water partition coefficient (Wildman–Crippen LogP) is 8.65. The molecular formula is C34H56N2O. The second-order valence-electron chi connectivity index (χ2n) is 14.3. The van der Waals surface area contributed by atoms with Crippen molar-refractivity contribution in [1.29, 1.82) is 0 Å². The van der Waals surface area contributed by atoms with Crippen LogP contribution in [0.4, 0.5) is 11.4 Å². The third-order valence-corrected chi connectivity index (χ3v) is 12.5. The highest BCUT2D eigenvalue weighted by Crippen LogP contribution is 2.68. The molecule has 1 aromatic carbocycles. The molecule has 0 heterocycles. The van der Waals surface area contributed by atoms with Gasteiger partial charge in [0.05, 0.1) is 6.10 Å². The molecule has 0 saturated heterocycles. The zero-order valence-corrected chi connectivity index (χ0v) is 24.4. The summed E-state index contributed by atoms with van der Waals surface area (Å²) in [6.07, 6.45) is 19.5. The minimum absolute atomic E-state index is 0.482. The van der Waals surface area contributed by atoms with Crippen LogP contribution in [0.1, 0.15) is 117 Å². The Hall–Kier alpha value is -1.22. The molecule has 4 aliphatic rings. The van der Waals surface area contributed by atoms with E-state index in [0.29, 0.717) is 16.9 Å². The van der Waals surface area contributed by atoms with E-state index in [1.807, 2.05) is 12.1 Å². The van der Waals surface area contributed by atoms with E-state index in [9.17, 15) is 0 Å². The standard InChI is InChI=1S/C34H56N2O/c1-5-8-23(2)29-14-15-30-28-13-11-25-21-27(16-18-33(25,3)31(28)17-19-34(29,30)4)37-20-7-6-9-24-10-12-26(35)22-32(24)36/h10,12,22-23,25,27-31H,5-9,11,13-21,35-36H2,1-4H3/t23-,25?,27?,28+,29-,30+,31+,33+,34-/m1/s1. The van der Waals surface area contributed by atoms with Gasteiger partial charge in [-0.3, -0.25) is 0 Å². The molecule has 3 nitrogen and oxygen atoms in total. The van der Waals surface area contributed by atoms with Crippen LogP contribution in [0.5, 0.6) is 0 Å². The van der Waals surface area contributed by atoms with Crippen molar-refractivity contribution in [2.24, 2.45) is 46.3 Å². The highest BCUT2D eigenvalue weighted by Gasteiger charge is 2.60. The van der Waals surface area contributed by atoms with Crippen molar-refractivity contribution >= 4 is 11.4 Å². The lowest BCUT2D eigenvalue weighted by Crippen LogP contribution is -2.54. The van der Waals surface area contributed by atoms with E-state index in [4.69, 9.17) is 16.2 Å². The van der Waals surface area contributed by atoms with Crippen molar-refractivity contribution in [1.82, 2.24) is 0 Å². The van der Waals surface area contributed by atoms with Gasteiger partial charge in [-0.25, -0.2) is 0 Å². The van der Waals surface area contributed by atoms with Crippen LogP contribution in [0.25, 0.3) is 0 Å². The lowest BCUT2D eigenvalue weighted by molar-refractivity contribution is -0.136. The fraction of sp³-hybridized carbons (Fsp3) is 0.824. The average Bonchev–Trinajstić information content (AvgIpc) is 3.22. The van der Waals surface area contributed by atoms with E-state index < -0.39 is 0 Å². The number of unbranched alkanes of at least 4 members (excludes halogenated alkanes) is 1. The van der Waals surface area contributed by atoms with Crippen LogP contribution >= 0.6 is 0 Å². The lowest BCUT2D eigenvalue weighted by Gasteiger charge is -2.61. The number of anilines is 2. The van der Waals surface area contributed by atoms with Gasteiger partial charge in [0, 0.05) is 18.0 Å². The lowest BCUT2D eigenvalue weighted by atomic mass is 9.44. The quantitative estimate of drug-likeness (QED) is 0.259. The molecule has 5 rings (SSSR count). The maximum atomic E-state index is 6.50. The van der Waals surface area contributed by atoms with Crippen molar-refractivity contribution in [3.63, 3.8) is 0 Å². The van der Waals surface area contributed by atoms with Gasteiger partial charge in [0.15, 0.2) is 0 Å². The Morgan fingerprint density at radius 2 is 1.73 bits per heavy atom. The Labute approximate surface area is 227 Å². The first-order valence-corrected chi connectivity index (χ1v) is 16.0. The Balaban J connectivity index is 1.12. The van der Waals surface area contributed by atoms with Gasteiger partial charge in [-0.1, -0.05) is 46.6 Å². The Kier molecular flexibility index (Phi) is 8.21. The van der Waals surface area contributed by atoms with E-state index in [1.54, 1.807) is 0 Å². The minimum Gasteiger partial charge on any atom is -0.399 e. The number of nitrogen functional groups attached to an aromatic ring is 2. The van der Waals surface area contributed by atoms with Crippen molar-refractivity contribution in [3.8, 4) is 0 Å². The van der Waals surface area contributed by atoms with Gasteiger partial charge < -0.3 is 16.2 Å². The fourth-order valence-electron chi connectivity index (χ4n) is 10.5. The number of benzene rings is 1. The van der Waals surface area contributed by atoms with Crippen LogP contribution in [0, 0.1) is 46.3 Å². The molecule has 4 aliphatic carbocycles. The maximum Gasteiger partial charge on any atom is 0.0578 e. The Morgan fingerprint density at radius 3 is 2.51 bits per heavy atom. The topological polar surface area (TPSA) is 61.3 Å². The molecule has 1 aromatic rings. The van der Waals surface area contributed by atoms with Crippen LogP contribution in [-0.4, -0.2) is 12.7 Å². The van der Waals surface area contributed by atoms with Crippen LogP contribution in [0.2, 0.25) is 0 Å². The Bertz CT molecular complexity index is 915. The molecule has 0 spiro atoms. The van der Waals surface area contributed by atoms with E-state index >= 15 is 0 Å². The van der Waals surface area contributed by atoms with Crippen molar-refractivity contribution in [3.05, 3.63) is 23.8 Å². The summed E-state index contributed by atoms with van der Waals surface area (Å²) in [6, 6.07) is 5.92. The summed E-state index contributed by atoms with van der Waals surface area (Å²) in [5, 5.41) is 0. The molecule has 0 aliphatic heterocycles. The van der Waals surface area contributed by atoms with Crippen molar-refractivity contribution in [2.45, 2.75) is 124 Å². The molecule has 4 N–H and O–H groups in total. The number of hydrogen-bond donors (Lipinski definition) is 2. The van der Waals surface area contributed by atoms with E-state index in [-0.39, 0.29) is 0 Å². The molecule has 4 fully saturated rings. The predicted molar refractivity (Wildman–Crippen MR) is 157 cm³/mol. The second kappa shape index (κ2) is 11.1. The molecular weight excluding hydrogens is 452 g/mol. The summed E-state index contributed by atoms with van der Waals surface area (Å²) in [5.41, 5.74) is 15.9. The highest BCUT2D eigenvalue weighted by molar-refractivity contribution is 5.56. The van der Waals surface area contributed by atoms with E-state index in [0.717, 1.165) is 72.8 Å². The number of rotatable bonds is 9. The smallest absolute Gasteiger partial charge is 0.0578 e. The summed E-state index contributed by atoms with van der Waals surface area (Å²) < 4.78 is 6.50. The first kappa shape index (κ1) is 27.4. The molecule has 9 atom stereocenters. The summed E-state index contributed by atoms with van der Waals surface area (Å²) in [5.74, 6) is 5.73. The largest absolute Gasteiger partial charge is 0.399 e. The zero-order valence-electron chi connectivity index (χ0n) is 24.4. The molecule has 0 amide bonds. The minimum atomic E-state index is 0.482. The maximum absolute atomic E-state index is 6.50. The summed E-state index contributed by atoms with van der Waals surface area (Å²) >= 11 is 0. The Morgan fingerprint density at radius 1 is 0.946 bits per heavy atom. The second-order valence-corrected chi connectivity index (χ2v) is 14.3. The third kappa shape index (κ3) is 5.20. The number of hydrogen-bond acceptors (Lipinski definition) is 3. The third-order valence-electron chi connectivity index (χ3n) is 12.5. The molecule has 4 saturated carbocycles. The summed E-state index contributed by atoms with van der Waals surface area (Å²) in [6.45, 7) is 11.3. The van der Waals surface area contributed by atoms with Gasteiger partial charge in [-0.05, 0) is 141 Å². The van der Waals surface area contributed by atoms with E-state index in [1.165, 1.54) is 76.2 Å². The monoisotopic (exact) mass is 508 g/mol. The average molecular weight is 509 g/mol. The summed E-state index contributed by atoms with van der Waals surface area (Å²) in [4.78, 5) is 0. The van der Waals surface area contributed by atoms with Crippen LogP contribution in [0.3, 0.4) is 0 Å². The number of fused-ring (bicyclic) bond motifs is 5. The molecule has 0 aromatic heterocycles. The first-order valence-electron chi connectivity index (χ1n) is 16.0. The van der Waals surface area contributed by atoms with Gasteiger partial charge >= 0.3 is 0 Å². The first-order chi connectivity index (χ1) is 17.8. The highest BCUT2D eigenvalue weighted by atomic mass is 16.5. The SMILES string of the molecule is CCC[C@@H](C)[C@H]1CC[C@H]2[C@@H]3CCC4CC(OCCCCc5ccc(N)cc5N)CC[C@]4(C)[C@H]3CC[C@]12C. The number of aryl methyl sites for hydroxylation is 1.